The fraction of sp³-hybridized carbons (Fsp3) is 0.333. The number of rotatable bonds is 4. The van der Waals surface area contributed by atoms with Crippen LogP contribution in [0.4, 0.5) is 4.39 Å². The van der Waals surface area contributed by atoms with Gasteiger partial charge < -0.3 is 15.2 Å². The second-order valence-corrected chi connectivity index (χ2v) is 6.14. The molecular weight excluding hydrogens is 352 g/mol. The molecule has 0 radical (unpaired) electrons. The Kier molecular flexibility index (Phi) is 6.61. The molecule has 2 aromatic carbocycles. The number of hydrogen-bond acceptors (Lipinski definition) is 3. The van der Waals surface area contributed by atoms with Crippen molar-refractivity contribution < 1.29 is 14.2 Å². The first-order valence-corrected chi connectivity index (χ1v) is 8.02. The van der Waals surface area contributed by atoms with Gasteiger partial charge in [0.15, 0.2) is 0 Å². The highest BCUT2D eigenvalue weighted by molar-refractivity contribution is 6.31. The summed E-state index contributed by atoms with van der Waals surface area (Å²) in [7, 11) is 0. The van der Waals surface area contributed by atoms with Crippen molar-refractivity contribution in [2.24, 2.45) is 0 Å². The summed E-state index contributed by atoms with van der Waals surface area (Å²) in [6.07, 6.45) is -0.427. The van der Waals surface area contributed by atoms with E-state index in [1.165, 1.54) is 6.07 Å². The van der Waals surface area contributed by atoms with Crippen LogP contribution < -0.4 is 5.32 Å². The van der Waals surface area contributed by atoms with E-state index in [4.69, 9.17) is 16.3 Å². The molecule has 2 aromatic rings. The molecule has 2 atom stereocenters. The first-order valence-electron chi connectivity index (χ1n) is 7.64. The van der Waals surface area contributed by atoms with Gasteiger partial charge in [0.2, 0.25) is 0 Å². The van der Waals surface area contributed by atoms with Crippen molar-refractivity contribution >= 4 is 24.0 Å². The monoisotopic (exact) mass is 371 g/mol. The molecule has 1 heterocycles. The van der Waals surface area contributed by atoms with Crippen molar-refractivity contribution in [3.8, 4) is 0 Å². The Morgan fingerprint density at radius 1 is 1.21 bits per heavy atom. The molecule has 1 fully saturated rings. The van der Waals surface area contributed by atoms with Crippen LogP contribution in [0.3, 0.4) is 0 Å². The molecule has 1 aliphatic rings. The first kappa shape index (κ1) is 19.2. The van der Waals surface area contributed by atoms with Crippen LogP contribution in [0, 0.1) is 5.82 Å². The molecule has 6 heteroatoms. The zero-order valence-electron chi connectivity index (χ0n) is 13.0. The van der Waals surface area contributed by atoms with Gasteiger partial charge in [-0.05, 0) is 17.7 Å². The van der Waals surface area contributed by atoms with E-state index in [2.05, 4.69) is 5.32 Å². The topological polar surface area (TPSA) is 41.5 Å². The summed E-state index contributed by atoms with van der Waals surface area (Å²) in [6, 6.07) is 13.8. The zero-order valence-corrected chi connectivity index (χ0v) is 14.6. The molecule has 1 aliphatic heterocycles. The summed E-state index contributed by atoms with van der Waals surface area (Å²) in [5, 5.41) is 14.9. The summed E-state index contributed by atoms with van der Waals surface area (Å²) in [5.41, 5.74) is -0.372. The van der Waals surface area contributed by atoms with Gasteiger partial charge in [-0.3, -0.25) is 0 Å². The summed E-state index contributed by atoms with van der Waals surface area (Å²) in [5.74, 6) is -0.421. The van der Waals surface area contributed by atoms with Gasteiger partial charge in [0.25, 0.3) is 0 Å². The van der Waals surface area contributed by atoms with Crippen molar-refractivity contribution in [3.63, 3.8) is 0 Å². The maximum atomic E-state index is 14.2. The predicted molar refractivity (Wildman–Crippen MR) is 95.3 cm³/mol. The summed E-state index contributed by atoms with van der Waals surface area (Å²) in [6.45, 7) is 1.74. The Morgan fingerprint density at radius 2 is 1.96 bits per heavy atom. The molecule has 0 aromatic heterocycles. The Morgan fingerprint density at radius 3 is 2.58 bits per heavy atom. The van der Waals surface area contributed by atoms with Crippen LogP contribution in [0.15, 0.2) is 48.5 Å². The lowest BCUT2D eigenvalue weighted by molar-refractivity contribution is -0.124. The minimum atomic E-state index is -1.36. The van der Waals surface area contributed by atoms with Crippen LogP contribution in [0.25, 0.3) is 0 Å². The third kappa shape index (κ3) is 3.90. The predicted octanol–water partition coefficient (Wildman–Crippen LogP) is 3.32. The molecular formula is C18H20Cl2FNO2. The maximum Gasteiger partial charge on any atom is 0.128 e. The smallest absolute Gasteiger partial charge is 0.128 e. The fourth-order valence-corrected chi connectivity index (χ4v) is 3.20. The highest BCUT2D eigenvalue weighted by atomic mass is 35.5. The number of hydrogen-bond donors (Lipinski definition) is 2. The number of aliphatic hydroxyl groups is 1. The van der Waals surface area contributed by atoms with Crippen LogP contribution in [-0.2, 0) is 16.8 Å². The third-order valence-corrected chi connectivity index (χ3v) is 4.60. The standard InChI is InChI=1S/C18H19ClFNO2.ClH/c19-15-7-4-8-16(20)14(15)11-18(22,13-5-2-1-3-6-13)17-12-21-9-10-23-17;/h1-8,17,21-22H,9-12H2;1H/t17-,18-;/m1./s1. The molecule has 24 heavy (non-hydrogen) atoms. The van der Waals surface area contributed by atoms with Gasteiger partial charge in [0.05, 0.1) is 6.61 Å². The molecule has 0 unspecified atom stereocenters. The van der Waals surface area contributed by atoms with Crippen LogP contribution in [0.5, 0.6) is 0 Å². The van der Waals surface area contributed by atoms with Gasteiger partial charge in [0.1, 0.15) is 17.5 Å². The zero-order chi connectivity index (χ0) is 16.3. The number of benzene rings is 2. The van der Waals surface area contributed by atoms with E-state index >= 15 is 0 Å². The molecule has 3 nitrogen and oxygen atoms in total. The molecule has 3 rings (SSSR count). The largest absolute Gasteiger partial charge is 0.382 e. The van der Waals surface area contributed by atoms with Gasteiger partial charge in [0, 0.05) is 30.1 Å². The van der Waals surface area contributed by atoms with E-state index in [1.807, 2.05) is 30.3 Å². The summed E-state index contributed by atoms with van der Waals surface area (Å²) < 4.78 is 20.0. The van der Waals surface area contributed by atoms with Crippen molar-refractivity contribution in [3.05, 3.63) is 70.5 Å². The minimum absolute atomic E-state index is 0. The molecule has 1 saturated heterocycles. The Balaban J connectivity index is 0.00000208. The highest BCUT2D eigenvalue weighted by Crippen LogP contribution is 2.34. The van der Waals surface area contributed by atoms with Gasteiger partial charge in [-0.25, -0.2) is 4.39 Å². The van der Waals surface area contributed by atoms with Crippen molar-refractivity contribution in [1.82, 2.24) is 5.32 Å². The lowest BCUT2D eigenvalue weighted by Crippen LogP contribution is -2.52. The second-order valence-electron chi connectivity index (χ2n) is 5.73. The van der Waals surface area contributed by atoms with Gasteiger partial charge in [-0.2, -0.15) is 0 Å². The van der Waals surface area contributed by atoms with E-state index in [1.54, 1.807) is 12.1 Å². The number of halogens is 3. The van der Waals surface area contributed by atoms with E-state index in [-0.39, 0.29) is 18.8 Å². The summed E-state index contributed by atoms with van der Waals surface area (Å²) >= 11 is 6.15. The van der Waals surface area contributed by atoms with Crippen LogP contribution >= 0.6 is 24.0 Å². The highest BCUT2D eigenvalue weighted by Gasteiger charge is 2.41. The third-order valence-electron chi connectivity index (χ3n) is 4.24. The molecule has 0 spiro atoms. The van der Waals surface area contributed by atoms with Crippen LogP contribution in [0.2, 0.25) is 5.02 Å². The quantitative estimate of drug-likeness (QED) is 0.865. The molecule has 130 valence electrons. The Labute approximate surface area is 152 Å². The Hall–Kier alpha value is -1.17. The second kappa shape index (κ2) is 8.28. The lowest BCUT2D eigenvalue weighted by Gasteiger charge is -2.39. The fourth-order valence-electron chi connectivity index (χ4n) is 2.97. The number of ether oxygens (including phenoxy) is 1. The van der Waals surface area contributed by atoms with Gasteiger partial charge in [-0.15, -0.1) is 12.4 Å². The maximum absolute atomic E-state index is 14.2. The van der Waals surface area contributed by atoms with Crippen molar-refractivity contribution in [2.75, 3.05) is 19.7 Å². The molecule has 0 amide bonds. The molecule has 0 bridgehead atoms. The van der Waals surface area contributed by atoms with E-state index in [9.17, 15) is 9.50 Å². The normalized spacial score (nSPS) is 20.0. The number of nitrogens with one attached hydrogen (secondary N) is 1. The van der Waals surface area contributed by atoms with Crippen molar-refractivity contribution in [2.45, 2.75) is 18.1 Å². The molecule has 0 saturated carbocycles. The van der Waals surface area contributed by atoms with Gasteiger partial charge >= 0.3 is 0 Å². The SMILES string of the molecule is Cl.O[C@](Cc1c(F)cccc1Cl)(c1ccccc1)[C@H]1CNCCO1. The Bertz CT molecular complexity index is 645. The van der Waals surface area contributed by atoms with E-state index in [0.717, 1.165) is 6.54 Å². The molecule has 2 N–H and O–H groups in total. The van der Waals surface area contributed by atoms with Crippen LogP contribution in [-0.4, -0.2) is 30.9 Å². The average molecular weight is 372 g/mol. The summed E-state index contributed by atoms with van der Waals surface area (Å²) in [4.78, 5) is 0. The lowest BCUT2D eigenvalue weighted by atomic mass is 9.82. The number of morpholine rings is 1. The van der Waals surface area contributed by atoms with Crippen molar-refractivity contribution in [1.29, 1.82) is 0 Å². The first-order chi connectivity index (χ1) is 11.1. The van der Waals surface area contributed by atoms with Gasteiger partial charge in [-0.1, -0.05) is 48.0 Å². The van der Waals surface area contributed by atoms with Crippen LogP contribution in [0.1, 0.15) is 11.1 Å². The van der Waals surface area contributed by atoms with E-state index in [0.29, 0.717) is 29.3 Å². The minimum Gasteiger partial charge on any atom is -0.382 e. The van der Waals surface area contributed by atoms with E-state index < -0.39 is 17.5 Å². The average Bonchev–Trinajstić information content (AvgIpc) is 2.60. The molecule has 0 aliphatic carbocycles.